The van der Waals surface area contributed by atoms with Crippen LogP contribution in [0.1, 0.15) is 115 Å². The van der Waals surface area contributed by atoms with E-state index in [1.54, 1.807) is 74.4 Å². The number of nitrogens with one attached hydrogen (secondary N) is 5. The van der Waals surface area contributed by atoms with Crippen molar-refractivity contribution >= 4 is 57.8 Å². The van der Waals surface area contributed by atoms with Crippen LogP contribution < -0.4 is 26.0 Å². The SMILES string of the molecule is CN(C(=O)OC(C)(C)C)[C@@H]1[C@@H](O)[C@@H](O[C@@H]2[C@@H](O)[C@H](O[C@H]3OC(CNC(=O)OCc4ccc([N+](=O)[O-])cc4)=CC[C@H]3NS(=O)(=O)CCN3C(=O)c4ccccc4C3=O)[C@@H](NC(=O)OC(C)(C)C)C[C@H]2NC(=O)[C@@H](O)CCNC(=O)OC(C)(C)C)OC[C@]1(C)O. The molecule has 88 heavy (non-hydrogen) atoms. The fraction of sp³-hybridized carbons (Fsp3) is 0.625. The van der Waals surface area contributed by atoms with Gasteiger partial charge in [-0.05, 0) is 124 Å². The number of nitro groups is 1. The van der Waals surface area contributed by atoms with E-state index in [2.05, 4.69) is 26.0 Å². The molecule has 9 N–H and O–H groups in total. The highest BCUT2D eigenvalue weighted by Gasteiger charge is 2.55. The second-order valence-corrected chi connectivity index (χ2v) is 26.6. The first-order chi connectivity index (χ1) is 40.8. The first kappa shape index (κ1) is 69.8. The summed E-state index contributed by atoms with van der Waals surface area (Å²) in [6.07, 6.45) is -17.0. The lowest BCUT2D eigenvalue weighted by atomic mass is 9.82. The molecule has 6 rings (SSSR count). The second-order valence-electron chi connectivity index (χ2n) is 24.7. The van der Waals surface area contributed by atoms with Gasteiger partial charge in [-0.2, -0.15) is 0 Å². The highest BCUT2D eigenvalue weighted by atomic mass is 32.2. The Morgan fingerprint density at radius 1 is 0.807 bits per heavy atom. The van der Waals surface area contributed by atoms with Gasteiger partial charge in [0.05, 0.1) is 59.1 Å². The Morgan fingerprint density at radius 3 is 1.95 bits per heavy atom. The first-order valence-corrected chi connectivity index (χ1v) is 29.8. The maximum Gasteiger partial charge on any atom is 0.410 e. The number of benzene rings is 2. The maximum absolute atomic E-state index is 14.1. The molecule has 1 saturated carbocycles. The average molecular weight is 1270 g/mol. The Labute approximate surface area is 508 Å². The molecule has 12 atom stereocenters. The van der Waals surface area contributed by atoms with Crippen LogP contribution >= 0.6 is 0 Å². The summed E-state index contributed by atoms with van der Waals surface area (Å²) >= 11 is 0. The summed E-state index contributed by atoms with van der Waals surface area (Å²) in [6, 6.07) is 5.12. The number of likely N-dealkylation sites (N-methyl/N-ethyl adjacent to an activating group) is 1. The first-order valence-electron chi connectivity index (χ1n) is 28.2. The number of hydrogen-bond acceptors (Lipinski definition) is 23. The standard InChI is InChI=1S/C56H80N8O23S/c1-53(2,3)85-50(72)57-23-22-38(65)44(68)59-36-26-37(60-51(73)86-54(4,5)6)42(39(66)41(36)84-48-40(67)43(56(10,75)29-81-48)62(11)52(74)87-55(7,8)9)83-47-35(61-88(78,79)25-24-63-45(69)33-14-12-13-15-34(33)46(63)70)21-20-32(82-47)27-58-49(71)80-28-30-16-18-31(19-17-30)64(76)77/h12-20,35-43,47-48,61,65-67,75H,21-29H2,1-11H3,(H,57,72)(H,58,71)(H,59,68)(H,60,73)/t35-,36-,37+,38+,39-,40-,41+,42-,43-,47-,48-,56+/m1/s1. The molecule has 2 fully saturated rings. The summed E-state index contributed by atoms with van der Waals surface area (Å²) in [5.41, 5.74) is -4.67. The second kappa shape index (κ2) is 28.5. The van der Waals surface area contributed by atoms with Crippen molar-refractivity contribution < 1.29 is 105 Å². The minimum Gasteiger partial charge on any atom is -0.466 e. The van der Waals surface area contributed by atoms with E-state index in [0.29, 0.717) is 5.56 Å². The predicted octanol–water partition coefficient (Wildman–Crippen LogP) is 1.93. The number of aliphatic hydroxyl groups is 4. The van der Waals surface area contributed by atoms with Gasteiger partial charge in [-0.3, -0.25) is 29.4 Å². The summed E-state index contributed by atoms with van der Waals surface area (Å²) < 4.78 is 77.3. The molecule has 2 aromatic rings. The lowest BCUT2D eigenvalue weighted by Gasteiger charge is -2.50. The van der Waals surface area contributed by atoms with Gasteiger partial charge in [-0.1, -0.05) is 12.1 Å². The van der Waals surface area contributed by atoms with Crippen molar-refractivity contribution in [3.8, 4) is 0 Å². The molecule has 31 nitrogen and oxygen atoms in total. The fourth-order valence-electron chi connectivity index (χ4n) is 9.81. The largest absolute Gasteiger partial charge is 0.466 e. The fourth-order valence-corrected chi connectivity index (χ4v) is 11.0. The Morgan fingerprint density at radius 2 is 1.38 bits per heavy atom. The molecule has 2 aromatic carbocycles. The van der Waals surface area contributed by atoms with Crippen molar-refractivity contribution in [2.75, 3.05) is 39.0 Å². The van der Waals surface area contributed by atoms with Crippen LogP contribution in [-0.4, -0.2) is 214 Å². The minimum absolute atomic E-state index is 0.0697. The van der Waals surface area contributed by atoms with Crippen molar-refractivity contribution in [1.29, 1.82) is 0 Å². The lowest BCUT2D eigenvalue weighted by Crippen LogP contribution is -2.71. The molecular formula is C56H80N8O23S. The van der Waals surface area contributed by atoms with E-state index in [0.717, 1.165) is 9.80 Å². The van der Waals surface area contributed by atoms with Crippen LogP contribution in [0.5, 0.6) is 0 Å². The molecule has 4 aliphatic rings. The number of aliphatic hydroxyl groups excluding tert-OH is 3. The predicted molar refractivity (Wildman–Crippen MR) is 306 cm³/mol. The number of rotatable bonds is 21. The van der Waals surface area contributed by atoms with E-state index >= 15 is 0 Å². The molecule has 0 spiro atoms. The zero-order chi connectivity index (χ0) is 65.4. The third-order valence-electron chi connectivity index (χ3n) is 13.8. The molecule has 1 aliphatic carbocycles. The lowest BCUT2D eigenvalue weighted by molar-refractivity contribution is -0.384. The van der Waals surface area contributed by atoms with Crippen molar-refractivity contribution in [3.63, 3.8) is 0 Å². The third-order valence-corrected chi connectivity index (χ3v) is 15.1. The molecule has 0 radical (unpaired) electrons. The number of hydrogen-bond donors (Lipinski definition) is 9. The number of carbonyl (C=O) groups is 7. The number of fused-ring (bicyclic) bond motifs is 1. The third kappa shape index (κ3) is 19.3. The number of amides is 7. The number of ether oxygens (including phenoxy) is 8. The topological polar surface area (TPSA) is 418 Å². The summed E-state index contributed by atoms with van der Waals surface area (Å²) in [7, 11) is -3.30. The molecule has 3 heterocycles. The van der Waals surface area contributed by atoms with Gasteiger partial charge < -0.3 is 84.5 Å². The van der Waals surface area contributed by atoms with Crippen molar-refractivity contribution in [3.05, 3.63) is 87.2 Å². The number of nitro benzene ring substituents is 1. The number of non-ortho nitro benzene ring substituents is 1. The Hall–Kier alpha value is -7.30. The highest BCUT2D eigenvalue weighted by molar-refractivity contribution is 7.89. The molecular weight excluding hydrogens is 1180 g/mol. The number of carbonyl (C=O) groups excluding carboxylic acids is 7. The van der Waals surface area contributed by atoms with Crippen LogP contribution in [0.3, 0.4) is 0 Å². The number of alkyl carbamates (subject to hydrolysis) is 3. The van der Waals surface area contributed by atoms with Crippen molar-refractivity contribution in [2.45, 2.75) is 185 Å². The van der Waals surface area contributed by atoms with E-state index in [-0.39, 0.29) is 48.6 Å². The monoisotopic (exact) mass is 1260 g/mol. The molecule has 0 bridgehead atoms. The van der Waals surface area contributed by atoms with Gasteiger partial charge >= 0.3 is 24.4 Å². The molecule has 3 aliphatic heterocycles. The van der Waals surface area contributed by atoms with E-state index in [1.807, 2.05) is 0 Å². The van der Waals surface area contributed by atoms with Crippen LogP contribution in [0.2, 0.25) is 0 Å². The Bertz CT molecular complexity index is 2980. The number of nitrogens with zero attached hydrogens (tertiary/aromatic N) is 3. The number of imide groups is 1. The average Bonchev–Trinajstić information content (AvgIpc) is 1.28. The normalized spacial score (nSPS) is 26.0. The van der Waals surface area contributed by atoms with Gasteiger partial charge in [0.25, 0.3) is 17.5 Å². The molecule has 1 saturated heterocycles. The quantitative estimate of drug-likeness (QED) is 0.0373. The van der Waals surface area contributed by atoms with E-state index < -0.39 is 179 Å². The van der Waals surface area contributed by atoms with Crippen LogP contribution in [-0.2, 0) is 59.3 Å². The summed E-state index contributed by atoms with van der Waals surface area (Å²) in [4.78, 5) is 105. The minimum atomic E-state index is -4.54. The number of sulfonamides is 1. The molecule has 7 amide bonds. The zero-order valence-corrected chi connectivity index (χ0v) is 51.5. The smallest absolute Gasteiger partial charge is 0.410 e. The van der Waals surface area contributed by atoms with Gasteiger partial charge in [0.15, 0.2) is 6.29 Å². The van der Waals surface area contributed by atoms with Crippen molar-refractivity contribution in [2.24, 2.45) is 0 Å². The highest BCUT2D eigenvalue weighted by Crippen LogP contribution is 2.35. The van der Waals surface area contributed by atoms with Gasteiger partial charge in [0.1, 0.15) is 65.3 Å². The molecule has 0 aromatic heterocycles. The maximum atomic E-state index is 14.1. The molecule has 32 heteroatoms. The van der Waals surface area contributed by atoms with Crippen LogP contribution in [0.4, 0.5) is 24.9 Å². The molecule has 488 valence electrons. The summed E-state index contributed by atoms with van der Waals surface area (Å²) in [5.74, 6) is -3.45. The van der Waals surface area contributed by atoms with Gasteiger partial charge in [0, 0.05) is 32.3 Å². The van der Waals surface area contributed by atoms with Crippen LogP contribution in [0.15, 0.2) is 60.4 Å². The zero-order valence-electron chi connectivity index (χ0n) is 50.7. The Kier molecular flexibility index (Phi) is 22.6. The van der Waals surface area contributed by atoms with Crippen LogP contribution in [0, 0.1) is 10.1 Å². The Balaban J connectivity index is 1.34. The molecule has 0 unspecified atom stereocenters. The van der Waals surface area contributed by atoms with E-state index in [4.69, 9.17) is 37.9 Å². The summed E-state index contributed by atoms with van der Waals surface area (Å²) in [5, 5.41) is 68.9. The van der Waals surface area contributed by atoms with Gasteiger partial charge in [-0.25, -0.2) is 32.3 Å². The van der Waals surface area contributed by atoms with Crippen LogP contribution in [0.25, 0.3) is 0 Å². The van der Waals surface area contributed by atoms with Crippen molar-refractivity contribution in [1.82, 2.24) is 35.8 Å². The van der Waals surface area contributed by atoms with E-state index in [1.165, 1.54) is 56.4 Å². The summed E-state index contributed by atoms with van der Waals surface area (Å²) in [6.45, 7) is 13.4. The van der Waals surface area contributed by atoms with Gasteiger partial charge in [0.2, 0.25) is 22.2 Å². The van der Waals surface area contributed by atoms with E-state index in [9.17, 15) is 72.5 Å². The van der Waals surface area contributed by atoms with Gasteiger partial charge in [-0.15, -0.1) is 0 Å².